The molecular weight excluding hydrogens is 1980 g/mol. The topological polar surface area (TPSA) is 210 Å². The van der Waals surface area contributed by atoms with Crippen molar-refractivity contribution in [1.29, 1.82) is 15.8 Å². The Morgan fingerprint density at radius 2 is 0.725 bits per heavy atom. The van der Waals surface area contributed by atoms with E-state index in [9.17, 15) is 34.3 Å². The van der Waals surface area contributed by atoms with Gasteiger partial charge in [0.2, 0.25) is 0 Å². The predicted octanol–water partition coefficient (Wildman–Crippen LogP) is 24.8. The predicted molar refractivity (Wildman–Crippen MR) is 542 cm³/mol. The second-order valence-electron chi connectivity index (χ2n) is 33.0. The molecule has 5 heterocycles. The molecule has 0 spiro atoms. The van der Waals surface area contributed by atoms with E-state index in [1.54, 1.807) is 6.08 Å². The van der Waals surface area contributed by atoms with Crippen LogP contribution in [0.3, 0.4) is 0 Å². The number of carbonyl (C=O) groups excluding carboxylic acids is 4. The van der Waals surface area contributed by atoms with Gasteiger partial charge in [-0.15, -0.1) is 0 Å². The lowest BCUT2D eigenvalue weighted by Gasteiger charge is -2.35. The standard InChI is InChI=1S/C23H26BrNO2.C20H21BrN2.C20H19BrN2.C20H22BrNO.C12H15NO.C8H6BrN.C5H11O5P/c1-27-23(26)12-11-22(19-7-9-21(24)10-8-19)20-13-15-25(16-14-20)17-18-5-3-2-4-6-18;2*21-19-8-6-17(7-9-19)20(14-22)18-10-12-23(13-11-18)15-16-4-2-1-3-5-16;21-19-8-6-17(7-9-19)20(15-23)18-10-12-22(13-11-18)14-16-4-2-1-3-5-16;14-12-6-8-13(9-7-12)10-11-4-2-1-3-5-11;9-8-3-1-7(2-4-8)5-6-10;1-8-5(6)4-11(7,9-2)10-3/h2-12,20,22H,13-17H2,1H3;1-9,18,20H,10-13,15H2;1-9H,10-13,15H2;1-9,15,18,20H,10-14H2;1-5H,6-10H2;1-4H,5H2;4H2,1-3H3/b12-11+;;;;;;. The molecule has 686 valence electrons. The maximum atomic E-state index is 11.6. The van der Waals surface area contributed by atoms with Crippen LogP contribution in [0, 0.1) is 51.7 Å². The molecule has 23 heteroatoms. The van der Waals surface area contributed by atoms with Crippen molar-refractivity contribution in [3.63, 3.8) is 0 Å². The van der Waals surface area contributed by atoms with E-state index in [0.29, 0.717) is 30.0 Å². The third kappa shape index (κ3) is 38.0. The van der Waals surface area contributed by atoms with Crippen LogP contribution >= 0.6 is 87.2 Å². The summed E-state index contributed by atoms with van der Waals surface area (Å²) in [7, 11) is 1.83. The van der Waals surface area contributed by atoms with Crippen molar-refractivity contribution in [2.24, 2.45) is 17.8 Å². The summed E-state index contributed by atoms with van der Waals surface area (Å²) in [6.45, 7) is 15.4. The molecular formula is C108H120Br5N8O9P. The van der Waals surface area contributed by atoms with Crippen LogP contribution in [-0.4, -0.2) is 149 Å². The normalized spacial score (nSPS) is 16.0. The number of methoxy groups -OCH3 is 2. The summed E-state index contributed by atoms with van der Waals surface area (Å²) in [5.41, 5.74) is 14.6. The highest BCUT2D eigenvalue weighted by atomic mass is 79.9. The van der Waals surface area contributed by atoms with Gasteiger partial charge in [0.25, 0.3) is 0 Å². The highest BCUT2D eigenvalue weighted by molar-refractivity contribution is 9.11. The van der Waals surface area contributed by atoms with E-state index in [-0.39, 0.29) is 29.9 Å². The molecule has 15 rings (SSSR count). The highest BCUT2D eigenvalue weighted by Gasteiger charge is 2.32. The van der Waals surface area contributed by atoms with Crippen LogP contribution in [0.1, 0.15) is 138 Å². The Balaban J connectivity index is 0.000000176. The quantitative estimate of drug-likeness (QED) is 0.0171. The lowest BCUT2D eigenvalue weighted by atomic mass is 9.79. The van der Waals surface area contributed by atoms with E-state index in [1.807, 2.05) is 84.9 Å². The number of nitrogens with zero attached hydrogens (tertiary/aromatic N) is 8. The van der Waals surface area contributed by atoms with Crippen molar-refractivity contribution >= 4 is 117 Å². The van der Waals surface area contributed by atoms with E-state index in [4.69, 9.17) is 10.00 Å². The average molecular weight is 2100 g/mol. The number of carbonyl (C=O) groups is 4. The molecule has 0 aliphatic carbocycles. The number of piperidine rings is 5. The van der Waals surface area contributed by atoms with Gasteiger partial charge in [0.15, 0.2) is 0 Å². The fraction of sp³-hybridized carbons (Fsp3) is 0.343. The molecule has 3 unspecified atom stereocenters. The van der Waals surface area contributed by atoms with Crippen molar-refractivity contribution in [3.05, 3.63) is 369 Å². The van der Waals surface area contributed by atoms with E-state index in [0.717, 1.165) is 219 Å². The van der Waals surface area contributed by atoms with Gasteiger partial charge in [0.1, 0.15) is 18.2 Å². The summed E-state index contributed by atoms with van der Waals surface area (Å²) in [4.78, 5) is 57.2. The lowest BCUT2D eigenvalue weighted by molar-refractivity contribution is -0.138. The second kappa shape index (κ2) is 58.7. The molecule has 5 saturated heterocycles. The van der Waals surface area contributed by atoms with E-state index in [1.165, 1.54) is 67.4 Å². The van der Waals surface area contributed by atoms with Gasteiger partial charge in [-0.2, -0.15) is 15.8 Å². The minimum atomic E-state index is -3.23. The Kier molecular flexibility index (Phi) is 47.3. The number of likely N-dealkylation sites (tertiary alicyclic amines) is 5. The number of allylic oxidation sites excluding steroid dienone is 2. The zero-order valence-electron chi connectivity index (χ0n) is 75.4. The van der Waals surface area contributed by atoms with Crippen molar-refractivity contribution in [1.82, 2.24) is 24.5 Å². The number of halogens is 5. The molecule has 5 aliphatic rings. The lowest BCUT2D eigenvalue weighted by Crippen LogP contribution is -2.35. The van der Waals surface area contributed by atoms with Gasteiger partial charge in [-0.25, -0.2) is 4.79 Å². The number of hydrogen-bond donors (Lipinski definition) is 0. The van der Waals surface area contributed by atoms with Crippen LogP contribution in [0.4, 0.5) is 0 Å². The maximum Gasteiger partial charge on any atom is 0.341 e. The Bertz CT molecular complexity index is 5260. The Morgan fingerprint density at radius 1 is 0.405 bits per heavy atom. The molecule has 5 fully saturated rings. The van der Waals surface area contributed by atoms with Gasteiger partial charge in [0.05, 0.1) is 50.3 Å². The molecule has 3 atom stereocenters. The molecule has 17 nitrogen and oxygen atoms in total. The van der Waals surface area contributed by atoms with Crippen molar-refractivity contribution in [2.45, 2.75) is 121 Å². The number of rotatable bonds is 25. The molecule has 0 radical (unpaired) electrons. The molecule has 0 bridgehead atoms. The summed E-state index contributed by atoms with van der Waals surface area (Å²) >= 11 is 17.2. The third-order valence-electron chi connectivity index (χ3n) is 24.1. The molecule has 0 amide bonds. The Morgan fingerprint density at radius 3 is 1.05 bits per heavy atom. The summed E-state index contributed by atoms with van der Waals surface area (Å²) in [5, 5.41) is 27.5. The Hall–Kier alpha value is -9.22. The van der Waals surface area contributed by atoms with Gasteiger partial charge in [0, 0.05) is 126 Å². The zero-order valence-corrected chi connectivity index (χ0v) is 84.2. The molecule has 10 aromatic carbocycles. The van der Waals surface area contributed by atoms with Gasteiger partial charge in [-0.05, 0) is 230 Å². The number of benzene rings is 10. The molecule has 0 aromatic heterocycles. The van der Waals surface area contributed by atoms with E-state index in [2.05, 4.69) is 330 Å². The second-order valence-corrected chi connectivity index (χ2v) is 39.8. The van der Waals surface area contributed by atoms with Crippen molar-refractivity contribution in [2.75, 3.05) is 100 Å². The Labute approximate surface area is 818 Å². The van der Waals surface area contributed by atoms with Crippen molar-refractivity contribution in [3.8, 4) is 18.2 Å². The van der Waals surface area contributed by atoms with E-state index < -0.39 is 13.6 Å². The third-order valence-corrected chi connectivity index (χ3v) is 28.5. The monoisotopic (exact) mass is 2100 g/mol. The smallest absolute Gasteiger partial charge is 0.341 e. The first-order valence-electron chi connectivity index (χ1n) is 44.7. The summed E-state index contributed by atoms with van der Waals surface area (Å²) in [6.07, 6.45) is 14.9. The first-order chi connectivity index (χ1) is 63.7. The number of ketones is 1. The van der Waals surface area contributed by atoms with Crippen LogP contribution in [-0.2, 0) is 81.4 Å². The molecule has 5 aliphatic heterocycles. The first-order valence-corrected chi connectivity index (χ1v) is 50.4. The molecule has 0 saturated carbocycles. The van der Waals surface area contributed by atoms with Crippen LogP contribution in [0.25, 0.3) is 5.57 Å². The number of esters is 2. The zero-order chi connectivity index (χ0) is 93.4. The van der Waals surface area contributed by atoms with Crippen molar-refractivity contribution < 1.29 is 42.3 Å². The maximum absolute atomic E-state index is 11.6. The summed E-state index contributed by atoms with van der Waals surface area (Å²) in [6, 6.07) is 101. The largest absolute Gasteiger partial charge is 0.469 e. The summed E-state index contributed by atoms with van der Waals surface area (Å²) < 4.78 is 34.5. The number of aldehydes is 1. The van der Waals surface area contributed by atoms with Crippen LogP contribution < -0.4 is 0 Å². The number of Topliss-reactive ketones (excluding diaryl/α,β-unsaturated/α-hetero) is 1. The molecule has 131 heavy (non-hydrogen) atoms. The highest BCUT2D eigenvalue weighted by Crippen LogP contribution is 2.46. The average Bonchev–Trinajstić information content (AvgIpc) is 0.851. The van der Waals surface area contributed by atoms with Crippen LogP contribution in [0.15, 0.2) is 313 Å². The number of ether oxygens (including phenoxy) is 2. The summed E-state index contributed by atoms with van der Waals surface area (Å²) in [5.74, 6) is 1.23. The molecule has 10 aromatic rings. The fourth-order valence-electron chi connectivity index (χ4n) is 16.6. The van der Waals surface area contributed by atoms with Crippen LogP contribution in [0.5, 0.6) is 0 Å². The number of nitriles is 3. The molecule has 0 N–H and O–H groups in total. The van der Waals surface area contributed by atoms with Gasteiger partial charge in [-0.1, -0.05) is 298 Å². The SMILES string of the molecule is COC(=O)/C=C/C(c1ccc(Br)cc1)C1CCN(Cc2ccccc2)CC1.COC(=O)CP(=O)(OC)OC.N#CC(=C1CCN(Cc2ccccc2)CC1)c1ccc(Br)cc1.N#CC(c1ccc(Br)cc1)C1CCN(Cc2ccccc2)CC1.N#CCc1ccc(Br)cc1.O=C1CCN(Cc2ccccc2)CC1.O=CC(c1ccc(Br)cc1)C1CCN(Cc2ccccc2)CC1. The van der Waals surface area contributed by atoms with Crippen LogP contribution in [0.2, 0.25) is 0 Å². The van der Waals surface area contributed by atoms with E-state index >= 15 is 0 Å². The van der Waals surface area contributed by atoms with Gasteiger partial charge in [-0.3, -0.25) is 38.7 Å². The minimum Gasteiger partial charge on any atom is -0.469 e. The number of hydrogen-bond acceptors (Lipinski definition) is 17. The first kappa shape index (κ1) is 105. The fourth-order valence-corrected chi connectivity index (χ4v) is 18.8. The van der Waals surface area contributed by atoms with Gasteiger partial charge < -0.3 is 23.3 Å². The minimum absolute atomic E-state index is 0.0157. The van der Waals surface area contributed by atoms with Gasteiger partial charge >= 0.3 is 19.5 Å².